The summed E-state index contributed by atoms with van der Waals surface area (Å²) in [6, 6.07) is 0. The Labute approximate surface area is 112 Å². The number of hydrogen-bond acceptors (Lipinski definition) is 1. The van der Waals surface area contributed by atoms with Gasteiger partial charge in [0.1, 0.15) is 0 Å². The Morgan fingerprint density at radius 1 is 1.39 bits per heavy atom. The fourth-order valence-corrected chi connectivity index (χ4v) is 4.31. The van der Waals surface area contributed by atoms with Crippen molar-refractivity contribution in [3.63, 3.8) is 0 Å². The van der Waals surface area contributed by atoms with Crippen molar-refractivity contribution >= 4 is 0 Å². The number of allylic oxidation sites excluding steroid dienone is 2. The molecule has 5 unspecified atom stereocenters. The second-order valence-electron chi connectivity index (χ2n) is 7.21. The first-order valence-electron chi connectivity index (χ1n) is 7.25. The molecule has 0 amide bonds. The average molecular weight is 248 g/mol. The normalized spacial score (nSPS) is 48.7. The van der Waals surface area contributed by atoms with Crippen LogP contribution in [0.4, 0.5) is 0 Å². The number of aliphatic hydroxyl groups excluding tert-OH is 1. The van der Waals surface area contributed by atoms with Crippen LogP contribution in [0, 0.1) is 22.7 Å². The second kappa shape index (κ2) is 4.23. The van der Waals surface area contributed by atoms with E-state index in [1.165, 1.54) is 17.6 Å². The summed E-state index contributed by atoms with van der Waals surface area (Å²) in [6.45, 7) is 17.5. The molecule has 0 radical (unpaired) electrons. The summed E-state index contributed by atoms with van der Waals surface area (Å²) in [6.07, 6.45) is 4.06. The predicted octanol–water partition coefficient (Wildman–Crippen LogP) is 4.33. The van der Waals surface area contributed by atoms with Gasteiger partial charge in [-0.15, -0.1) is 0 Å². The lowest BCUT2D eigenvalue weighted by atomic mass is 9.45. The number of hydrogen-bond donors (Lipinski definition) is 1. The molecule has 0 heterocycles. The topological polar surface area (TPSA) is 20.2 Å². The highest BCUT2D eigenvalue weighted by Gasteiger charge is 2.57. The summed E-state index contributed by atoms with van der Waals surface area (Å²) in [5.41, 5.74) is 2.70. The third-order valence-corrected chi connectivity index (χ3v) is 6.24. The van der Waals surface area contributed by atoms with Crippen molar-refractivity contribution in [1.82, 2.24) is 0 Å². The minimum absolute atomic E-state index is 0.00252. The van der Waals surface area contributed by atoms with Gasteiger partial charge in [0.15, 0.2) is 0 Å². The van der Waals surface area contributed by atoms with Crippen molar-refractivity contribution in [2.75, 3.05) is 0 Å². The molecule has 0 bridgehead atoms. The standard InChI is InChI=1S/C17H28O/c1-11(2)14-7-8-16(5)15(18)9-12(3)13(4)17(16,6)10-14/h12,14-15,18H,1,4,7-10H2,2-3,5-6H3. The number of aliphatic hydroxyl groups is 1. The zero-order valence-electron chi connectivity index (χ0n) is 12.4. The van der Waals surface area contributed by atoms with Crippen LogP contribution in [0.1, 0.15) is 53.4 Å². The van der Waals surface area contributed by atoms with Gasteiger partial charge in [0.25, 0.3) is 0 Å². The molecule has 2 rings (SSSR count). The van der Waals surface area contributed by atoms with E-state index in [0.717, 1.165) is 19.3 Å². The minimum atomic E-state index is -0.186. The first-order chi connectivity index (χ1) is 8.22. The molecule has 5 atom stereocenters. The fourth-order valence-electron chi connectivity index (χ4n) is 4.31. The second-order valence-corrected chi connectivity index (χ2v) is 7.21. The largest absolute Gasteiger partial charge is 0.393 e. The van der Waals surface area contributed by atoms with Crippen LogP contribution < -0.4 is 0 Å². The molecule has 2 aliphatic rings. The first kappa shape index (κ1) is 13.9. The lowest BCUT2D eigenvalue weighted by Gasteiger charge is -2.60. The van der Waals surface area contributed by atoms with Crippen molar-refractivity contribution in [1.29, 1.82) is 0 Å². The Kier molecular flexibility index (Phi) is 3.26. The molecule has 1 N–H and O–H groups in total. The SMILES string of the molecule is C=C(C)C1CCC2(C)C(O)CC(C)C(=C)C2(C)C1. The highest BCUT2D eigenvalue weighted by molar-refractivity contribution is 5.26. The third-order valence-electron chi connectivity index (χ3n) is 6.24. The smallest absolute Gasteiger partial charge is 0.0607 e. The van der Waals surface area contributed by atoms with Gasteiger partial charge in [-0.05, 0) is 49.9 Å². The molecule has 102 valence electrons. The summed E-state index contributed by atoms with van der Waals surface area (Å²) in [7, 11) is 0. The Hall–Kier alpha value is -0.560. The van der Waals surface area contributed by atoms with E-state index >= 15 is 0 Å². The van der Waals surface area contributed by atoms with Crippen molar-refractivity contribution in [3.8, 4) is 0 Å². The molecule has 0 aromatic rings. The zero-order chi connectivity index (χ0) is 13.7. The van der Waals surface area contributed by atoms with E-state index in [1.54, 1.807) is 0 Å². The summed E-state index contributed by atoms with van der Waals surface area (Å²) in [5.74, 6) is 1.03. The molecule has 0 aromatic carbocycles. The van der Waals surface area contributed by atoms with Crippen LogP contribution in [-0.2, 0) is 0 Å². The molecular weight excluding hydrogens is 220 g/mol. The van der Waals surface area contributed by atoms with Crippen LogP contribution in [0.2, 0.25) is 0 Å². The van der Waals surface area contributed by atoms with E-state index in [4.69, 9.17) is 0 Å². The highest BCUT2D eigenvalue weighted by Crippen LogP contribution is 2.63. The molecule has 18 heavy (non-hydrogen) atoms. The summed E-state index contributed by atoms with van der Waals surface area (Å²) in [4.78, 5) is 0. The number of rotatable bonds is 1. The summed E-state index contributed by atoms with van der Waals surface area (Å²) >= 11 is 0. The fraction of sp³-hybridized carbons (Fsp3) is 0.765. The monoisotopic (exact) mass is 248 g/mol. The van der Waals surface area contributed by atoms with Gasteiger partial charge in [0, 0.05) is 5.41 Å². The molecular formula is C17H28O. The van der Waals surface area contributed by atoms with E-state index in [9.17, 15) is 5.11 Å². The first-order valence-corrected chi connectivity index (χ1v) is 7.25. The predicted molar refractivity (Wildman–Crippen MR) is 77.3 cm³/mol. The van der Waals surface area contributed by atoms with Crippen molar-refractivity contribution in [3.05, 3.63) is 24.3 Å². The van der Waals surface area contributed by atoms with E-state index in [2.05, 4.69) is 40.9 Å². The Morgan fingerprint density at radius 3 is 2.56 bits per heavy atom. The Balaban J connectivity index is 2.39. The van der Waals surface area contributed by atoms with Crippen LogP contribution in [0.3, 0.4) is 0 Å². The average Bonchev–Trinajstić information content (AvgIpc) is 2.29. The quantitative estimate of drug-likeness (QED) is 0.685. The van der Waals surface area contributed by atoms with E-state index in [1.807, 2.05) is 0 Å². The van der Waals surface area contributed by atoms with Gasteiger partial charge < -0.3 is 5.11 Å². The third kappa shape index (κ3) is 1.71. The minimum Gasteiger partial charge on any atom is -0.393 e. The molecule has 1 heteroatoms. The van der Waals surface area contributed by atoms with Gasteiger partial charge in [0.2, 0.25) is 0 Å². The van der Waals surface area contributed by atoms with Crippen LogP contribution >= 0.6 is 0 Å². The molecule has 2 saturated carbocycles. The van der Waals surface area contributed by atoms with Crippen molar-refractivity contribution in [2.45, 2.75) is 59.5 Å². The van der Waals surface area contributed by atoms with Gasteiger partial charge in [-0.3, -0.25) is 0 Å². The summed E-state index contributed by atoms with van der Waals surface area (Å²) in [5, 5.41) is 10.6. The van der Waals surface area contributed by atoms with Gasteiger partial charge in [-0.25, -0.2) is 0 Å². The Bertz CT molecular complexity index is 383. The molecule has 0 saturated heterocycles. The molecule has 0 aliphatic heterocycles. The molecule has 2 fully saturated rings. The molecule has 1 nitrogen and oxygen atoms in total. The Morgan fingerprint density at radius 2 is 2.00 bits per heavy atom. The zero-order valence-corrected chi connectivity index (χ0v) is 12.4. The van der Waals surface area contributed by atoms with Crippen LogP contribution in [0.25, 0.3) is 0 Å². The van der Waals surface area contributed by atoms with Crippen molar-refractivity contribution in [2.24, 2.45) is 22.7 Å². The number of fused-ring (bicyclic) bond motifs is 1. The van der Waals surface area contributed by atoms with E-state index in [-0.39, 0.29) is 16.9 Å². The lowest BCUT2D eigenvalue weighted by Crippen LogP contribution is -2.55. The van der Waals surface area contributed by atoms with E-state index in [0.29, 0.717) is 11.8 Å². The summed E-state index contributed by atoms with van der Waals surface area (Å²) < 4.78 is 0. The molecule has 0 aromatic heterocycles. The van der Waals surface area contributed by atoms with Crippen molar-refractivity contribution < 1.29 is 5.11 Å². The highest BCUT2D eigenvalue weighted by atomic mass is 16.3. The molecule has 2 aliphatic carbocycles. The van der Waals surface area contributed by atoms with Crippen LogP contribution in [-0.4, -0.2) is 11.2 Å². The lowest BCUT2D eigenvalue weighted by molar-refractivity contribution is -0.110. The van der Waals surface area contributed by atoms with Crippen LogP contribution in [0.5, 0.6) is 0 Å². The van der Waals surface area contributed by atoms with Gasteiger partial charge >= 0.3 is 0 Å². The molecule has 0 spiro atoms. The van der Waals surface area contributed by atoms with Gasteiger partial charge in [-0.1, -0.05) is 45.1 Å². The maximum absolute atomic E-state index is 10.6. The maximum atomic E-state index is 10.6. The van der Waals surface area contributed by atoms with Crippen LogP contribution in [0.15, 0.2) is 24.3 Å². The van der Waals surface area contributed by atoms with E-state index < -0.39 is 0 Å². The maximum Gasteiger partial charge on any atom is 0.0607 e. The van der Waals surface area contributed by atoms with Gasteiger partial charge in [0.05, 0.1) is 6.10 Å². The van der Waals surface area contributed by atoms with Gasteiger partial charge in [-0.2, -0.15) is 0 Å².